The van der Waals surface area contributed by atoms with E-state index in [0.717, 1.165) is 49.4 Å². The van der Waals surface area contributed by atoms with Gasteiger partial charge in [0.2, 0.25) is 11.8 Å². The molecule has 0 aromatic heterocycles. The van der Waals surface area contributed by atoms with Crippen molar-refractivity contribution in [3.8, 4) is 11.5 Å². The summed E-state index contributed by atoms with van der Waals surface area (Å²) in [6.45, 7) is 2.03. The Kier molecular flexibility index (Phi) is 6.09. The van der Waals surface area contributed by atoms with Gasteiger partial charge in [-0.15, -0.1) is 0 Å². The number of imide groups is 1. The van der Waals surface area contributed by atoms with E-state index in [-0.39, 0.29) is 30.4 Å². The number of likely N-dealkylation sites (tertiary alicyclic amines) is 1. The van der Waals surface area contributed by atoms with Crippen molar-refractivity contribution in [1.29, 1.82) is 0 Å². The maximum Gasteiger partial charge on any atom is 0.255 e. The summed E-state index contributed by atoms with van der Waals surface area (Å²) >= 11 is 6.23. The van der Waals surface area contributed by atoms with Crippen molar-refractivity contribution in [2.24, 2.45) is 0 Å². The molecule has 4 aliphatic rings. The van der Waals surface area contributed by atoms with Crippen LogP contribution in [0.5, 0.6) is 11.5 Å². The highest BCUT2D eigenvalue weighted by Crippen LogP contribution is 2.35. The van der Waals surface area contributed by atoms with E-state index in [9.17, 15) is 14.4 Å². The second-order valence-electron chi connectivity index (χ2n) is 10.00. The number of nitrogens with one attached hydrogen (secondary N) is 1. The molecule has 0 bridgehead atoms. The third kappa shape index (κ3) is 4.33. The van der Waals surface area contributed by atoms with Crippen LogP contribution in [0.1, 0.15) is 48.0 Å². The van der Waals surface area contributed by atoms with Crippen LogP contribution < -0.4 is 14.8 Å². The van der Waals surface area contributed by atoms with Crippen molar-refractivity contribution in [2.75, 3.05) is 13.1 Å². The molecule has 188 valence electrons. The van der Waals surface area contributed by atoms with Crippen molar-refractivity contribution in [1.82, 2.24) is 15.1 Å². The van der Waals surface area contributed by atoms with Crippen molar-refractivity contribution >= 4 is 29.3 Å². The van der Waals surface area contributed by atoms with Crippen molar-refractivity contribution in [2.45, 2.75) is 62.9 Å². The predicted molar refractivity (Wildman–Crippen MR) is 132 cm³/mol. The lowest BCUT2D eigenvalue weighted by atomic mass is 10.0. The highest BCUT2D eigenvalue weighted by molar-refractivity contribution is 6.32. The molecule has 1 saturated carbocycles. The van der Waals surface area contributed by atoms with Gasteiger partial charge in [-0.25, -0.2) is 0 Å². The van der Waals surface area contributed by atoms with Crippen LogP contribution in [-0.2, 0) is 16.1 Å². The van der Waals surface area contributed by atoms with E-state index >= 15 is 0 Å². The van der Waals surface area contributed by atoms with Crippen molar-refractivity contribution < 1.29 is 23.9 Å². The summed E-state index contributed by atoms with van der Waals surface area (Å²) in [5.74, 6) is 0.611. The number of carbonyl (C=O) groups is 3. The van der Waals surface area contributed by atoms with Gasteiger partial charge in [-0.05, 0) is 61.6 Å². The molecule has 2 saturated heterocycles. The number of benzene rings is 2. The van der Waals surface area contributed by atoms with Crippen LogP contribution in [0.15, 0.2) is 42.5 Å². The molecule has 8 nitrogen and oxygen atoms in total. The van der Waals surface area contributed by atoms with E-state index in [1.807, 2.05) is 36.4 Å². The summed E-state index contributed by atoms with van der Waals surface area (Å²) in [5.41, 5.74) is 1.45. The van der Waals surface area contributed by atoms with Crippen molar-refractivity contribution in [3.63, 3.8) is 0 Å². The lowest BCUT2D eigenvalue weighted by Crippen LogP contribution is -2.60. The summed E-state index contributed by atoms with van der Waals surface area (Å²) in [5, 5.41) is 2.97. The summed E-state index contributed by atoms with van der Waals surface area (Å²) in [6, 6.07) is 12.8. The van der Waals surface area contributed by atoms with Gasteiger partial charge in [-0.3, -0.25) is 24.6 Å². The third-order valence-electron chi connectivity index (χ3n) is 7.68. The smallest absolute Gasteiger partial charge is 0.255 e. The quantitative estimate of drug-likeness (QED) is 0.602. The zero-order chi connectivity index (χ0) is 24.8. The van der Waals surface area contributed by atoms with E-state index < -0.39 is 11.9 Å². The van der Waals surface area contributed by atoms with Crippen molar-refractivity contribution in [3.05, 3.63) is 58.6 Å². The Labute approximate surface area is 214 Å². The largest absolute Gasteiger partial charge is 0.489 e. The Hall–Kier alpha value is -3.10. The highest BCUT2D eigenvalue weighted by atomic mass is 35.5. The molecule has 36 heavy (non-hydrogen) atoms. The van der Waals surface area contributed by atoms with Crippen LogP contribution in [-0.4, -0.2) is 64.9 Å². The SMILES string of the molecule is O=C1CCC(N2Cc3cc(OC4CCCC4N4CC(Oc5ccccc5Cl)C4)ccc3C2=O)C(=O)N1. The van der Waals surface area contributed by atoms with E-state index in [1.54, 1.807) is 11.0 Å². The number of halogens is 1. The second kappa shape index (κ2) is 9.41. The Morgan fingerprint density at radius 2 is 1.81 bits per heavy atom. The average molecular weight is 510 g/mol. The average Bonchev–Trinajstić information content (AvgIpc) is 3.41. The number of amides is 3. The first kappa shape index (κ1) is 23.3. The predicted octanol–water partition coefficient (Wildman–Crippen LogP) is 3.16. The maximum atomic E-state index is 12.9. The van der Waals surface area contributed by atoms with Gasteiger partial charge in [0, 0.05) is 37.7 Å². The molecule has 3 aliphatic heterocycles. The van der Waals surface area contributed by atoms with Gasteiger partial charge in [-0.2, -0.15) is 0 Å². The lowest BCUT2D eigenvalue weighted by molar-refractivity contribution is -0.136. The second-order valence-corrected chi connectivity index (χ2v) is 10.4. The fourth-order valence-corrected chi connectivity index (χ4v) is 5.98. The third-order valence-corrected chi connectivity index (χ3v) is 7.99. The number of hydrogen-bond acceptors (Lipinski definition) is 6. The molecule has 3 fully saturated rings. The number of rotatable bonds is 6. The molecule has 9 heteroatoms. The van der Waals surface area contributed by atoms with Crippen LogP contribution >= 0.6 is 11.6 Å². The lowest BCUT2D eigenvalue weighted by Gasteiger charge is -2.44. The first-order chi connectivity index (χ1) is 17.5. The van der Waals surface area contributed by atoms with Gasteiger partial charge >= 0.3 is 0 Å². The Balaban J connectivity index is 1.07. The number of ether oxygens (including phenoxy) is 2. The minimum Gasteiger partial charge on any atom is -0.489 e. The molecule has 3 atom stereocenters. The molecular formula is C27H28ClN3O5. The summed E-state index contributed by atoms with van der Waals surface area (Å²) in [6.07, 6.45) is 3.96. The number of carbonyl (C=O) groups excluding carboxylic acids is 3. The molecule has 0 spiro atoms. The molecular weight excluding hydrogens is 482 g/mol. The molecule has 2 aromatic rings. The molecule has 2 aromatic carbocycles. The fourth-order valence-electron chi connectivity index (χ4n) is 5.80. The highest BCUT2D eigenvalue weighted by Gasteiger charge is 2.42. The normalized spacial score (nSPS) is 26.5. The summed E-state index contributed by atoms with van der Waals surface area (Å²) in [7, 11) is 0. The van der Waals surface area contributed by atoms with Gasteiger partial charge < -0.3 is 14.4 Å². The van der Waals surface area contributed by atoms with Gasteiger partial charge in [-0.1, -0.05) is 23.7 Å². The van der Waals surface area contributed by atoms with Gasteiger partial charge in [0.05, 0.1) is 5.02 Å². The summed E-state index contributed by atoms with van der Waals surface area (Å²) in [4.78, 5) is 40.7. The fraction of sp³-hybridized carbons (Fsp3) is 0.444. The number of hydrogen-bond donors (Lipinski definition) is 1. The summed E-state index contributed by atoms with van der Waals surface area (Å²) < 4.78 is 12.5. The maximum absolute atomic E-state index is 12.9. The van der Waals surface area contributed by atoms with Crippen LogP contribution in [0, 0.1) is 0 Å². The Morgan fingerprint density at radius 3 is 2.61 bits per heavy atom. The molecule has 3 amide bonds. The monoisotopic (exact) mass is 509 g/mol. The zero-order valence-electron chi connectivity index (χ0n) is 19.8. The number of nitrogens with zero attached hydrogens (tertiary/aromatic N) is 2. The van der Waals surface area contributed by atoms with Gasteiger partial charge in [0.15, 0.2) is 0 Å². The first-order valence-electron chi connectivity index (χ1n) is 12.6. The van der Waals surface area contributed by atoms with E-state index in [0.29, 0.717) is 29.6 Å². The molecule has 0 radical (unpaired) electrons. The van der Waals surface area contributed by atoms with Crippen LogP contribution in [0.25, 0.3) is 0 Å². The van der Waals surface area contributed by atoms with Crippen LogP contribution in [0.4, 0.5) is 0 Å². The van der Waals surface area contributed by atoms with Crippen LogP contribution in [0.3, 0.4) is 0 Å². The Bertz CT molecular complexity index is 1210. The Morgan fingerprint density at radius 1 is 0.972 bits per heavy atom. The first-order valence-corrected chi connectivity index (χ1v) is 12.9. The number of fused-ring (bicyclic) bond motifs is 1. The minimum atomic E-state index is -0.612. The molecule has 6 rings (SSSR count). The van der Waals surface area contributed by atoms with Crippen LogP contribution in [0.2, 0.25) is 5.02 Å². The van der Waals surface area contributed by atoms with Gasteiger partial charge in [0.25, 0.3) is 5.91 Å². The standard InChI is InChI=1S/C27H28ClN3O5/c28-20-4-1-2-6-23(20)36-18-14-30(15-18)21-5-3-7-24(21)35-17-8-9-19-16(12-17)13-31(27(19)34)22-10-11-25(32)29-26(22)33/h1-2,4,6,8-9,12,18,21-22,24H,3,5,7,10-11,13-15H2,(H,29,32,33). The minimum absolute atomic E-state index is 0.0765. The molecule has 1 aliphatic carbocycles. The zero-order valence-corrected chi connectivity index (χ0v) is 20.6. The topological polar surface area (TPSA) is 88.2 Å². The van der Waals surface area contributed by atoms with Gasteiger partial charge in [0.1, 0.15) is 29.7 Å². The van der Waals surface area contributed by atoms with E-state index in [1.165, 1.54) is 0 Å². The molecule has 1 N–H and O–H groups in total. The molecule has 3 unspecified atom stereocenters. The molecule has 3 heterocycles. The number of piperidine rings is 1. The number of para-hydroxylation sites is 1. The van der Waals surface area contributed by atoms with E-state index in [4.69, 9.17) is 21.1 Å². The van der Waals surface area contributed by atoms with E-state index in [2.05, 4.69) is 10.2 Å².